The van der Waals surface area contributed by atoms with Crippen molar-refractivity contribution in [3.63, 3.8) is 0 Å². The zero-order valence-corrected chi connectivity index (χ0v) is 14.3. The highest BCUT2D eigenvalue weighted by atomic mass is 32.2. The number of carboxylic acids is 1. The van der Waals surface area contributed by atoms with E-state index in [1.807, 2.05) is 19.1 Å². The third-order valence-electron chi connectivity index (χ3n) is 3.58. The fourth-order valence-electron chi connectivity index (χ4n) is 2.42. The molecule has 1 unspecified atom stereocenters. The summed E-state index contributed by atoms with van der Waals surface area (Å²) in [5.74, 6) is -0.635. The zero-order chi connectivity index (χ0) is 17.5. The first-order chi connectivity index (χ1) is 11.6. The van der Waals surface area contributed by atoms with Gasteiger partial charge in [-0.3, -0.25) is 0 Å². The van der Waals surface area contributed by atoms with Gasteiger partial charge >= 0.3 is 5.97 Å². The monoisotopic (exact) mass is 347 g/mol. The van der Waals surface area contributed by atoms with Gasteiger partial charge in [0.15, 0.2) is 4.90 Å². The summed E-state index contributed by atoms with van der Waals surface area (Å²) in [4.78, 5) is 12.4. The molecule has 0 heterocycles. The minimum Gasteiger partial charge on any atom is -0.611 e. The molecule has 3 N–H and O–H groups in total. The molecule has 6 heteroatoms. The largest absolute Gasteiger partial charge is 0.611 e. The Morgan fingerprint density at radius 1 is 1.21 bits per heavy atom. The summed E-state index contributed by atoms with van der Waals surface area (Å²) in [5.41, 5.74) is 6.84. The van der Waals surface area contributed by atoms with Crippen molar-refractivity contribution in [1.82, 2.24) is 0 Å². The minimum absolute atomic E-state index is 0.0760. The quantitative estimate of drug-likeness (QED) is 0.716. The van der Waals surface area contributed by atoms with Crippen molar-refractivity contribution < 1.29 is 19.2 Å². The Bertz CT molecular complexity index is 691. The van der Waals surface area contributed by atoms with Crippen LogP contribution in [0.3, 0.4) is 0 Å². The molecule has 0 fully saturated rings. The van der Waals surface area contributed by atoms with Gasteiger partial charge in [-0.05, 0) is 35.3 Å². The maximum atomic E-state index is 12.5. The Labute approximate surface area is 144 Å². The topological polar surface area (TPSA) is 95.6 Å². The second-order valence-corrected chi connectivity index (χ2v) is 6.64. The van der Waals surface area contributed by atoms with Crippen molar-refractivity contribution in [2.24, 2.45) is 5.73 Å². The van der Waals surface area contributed by atoms with Crippen LogP contribution in [0.5, 0.6) is 5.75 Å². The van der Waals surface area contributed by atoms with Crippen molar-refractivity contribution in [1.29, 1.82) is 0 Å². The number of ether oxygens (including phenoxy) is 1. The first-order valence-electron chi connectivity index (χ1n) is 7.72. The Balaban J connectivity index is 2.40. The SMILES string of the molecule is CCc1ccc(C[S+]([O-])c2ccccc2)c(C(=O)O)c1OCCN. The van der Waals surface area contributed by atoms with Crippen LogP contribution >= 0.6 is 0 Å². The highest BCUT2D eigenvalue weighted by Gasteiger charge is 2.23. The van der Waals surface area contributed by atoms with Crippen LogP contribution in [0.1, 0.15) is 28.4 Å². The first-order valence-corrected chi connectivity index (χ1v) is 9.04. The molecule has 1 atom stereocenters. The van der Waals surface area contributed by atoms with E-state index in [2.05, 4.69) is 0 Å². The molecule has 0 saturated carbocycles. The van der Waals surface area contributed by atoms with Crippen molar-refractivity contribution >= 4 is 17.1 Å². The number of carboxylic acid groups (broad SMARTS) is 1. The summed E-state index contributed by atoms with van der Waals surface area (Å²) in [6, 6.07) is 12.5. The molecule has 0 aliphatic heterocycles. The third-order valence-corrected chi connectivity index (χ3v) is 4.95. The van der Waals surface area contributed by atoms with Crippen LogP contribution in [-0.2, 0) is 23.3 Å². The number of hydrogen-bond donors (Lipinski definition) is 2. The highest BCUT2D eigenvalue weighted by Crippen LogP contribution is 2.30. The van der Waals surface area contributed by atoms with E-state index in [1.54, 1.807) is 30.3 Å². The molecular weight excluding hydrogens is 326 g/mol. The molecule has 0 saturated heterocycles. The van der Waals surface area contributed by atoms with Crippen molar-refractivity contribution in [3.05, 3.63) is 59.2 Å². The van der Waals surface area contributed by atoms with Crippen molar-refractivity contribution in [3.8, 4) is 5.75 Å². The molecule has 2 aromatic rings. The summed E-state index contributed by atoms with van der Waals surface area (Å²) in [7, 11) is 0. The minimum atomic E-state index is -1.33. The van der Waals surface area contributed by atoms with E-state index in [1.165, 1.54) is 0 Å². The average Bonchev–Trinajstić information content (AvgIpc) is 2.60. The van der Waals surface area contributed by atoms with Gasteiger partial charge < -0.3 is 20.1 Å². The molecule has 0 spiro atoms. The predicted molar refractivity (Wildman–Crippen MR) is 93.9 cm³/mol. The molecule has 0 aliphatic carbocycles. The van der Waals surface area contributed by atoms with Gasteiger partial charge in [0.25, 0.3) is 0 Å². The van der Waals surface area contributed by atoms with Gasteiger partial charge in [-0.2, -0.15) is 0 Å². The lowest BCUT2D eigenvalue weighted by molar-refractivity contribution is 0.0691. The molecule has 5 nitrogen and oxygen atoms in total. The van der Waals surface area contributed by atoms with Gasteiger partial charge in [-0.15, -0.1) is 0 Å². The fraction of sp³-hybridized carbons (Fsp3) is 0.278. The lowest BCUT2D eigenvalue weighted by Crippen LogP contribution is -2.16. The maximum Gasteiger partial charge on any atom is 0.339 e. The van der Waals surface area contributed by atoms with Crippen LogP contribution in [0.4, 0.5) is 0 Å². The van der Waals surface area contributed by atoms with Gasteiger partial charge in [-0.1, -0.05) is 37.3 Å². The number of hydrogen-bond acceptors (Lipinski definition) is 4. The molecule has 24 heavy (non-hydrogen) atoms. The van der Waals surface area contributed by atoms with E-state index in [-0.39, 0.29) is 17.9 Å². The van der Waals surface area contributed by atoms with Crippen LogP contribution in [0.15, 0.2) is 47.4 Å². The van der Waals surface area contributed by atoms with E-state index in [0.717, 1.165) is 5.56 Å². The lowest BCUT2D eigenvalue weighted by Gasteiger charge is -2.17. The number of rotatable bonds is 8. The average molecular weight is 347 g/mol. The van der Waals surface area contributed by atoms with Crippen LogP contribution in [0.2, 0.25) is 0 Å². The number of aromatic carboxylic acids is 1. The Morgan fingerprint density at radius 2 is 1.88 bits per heavy atom. The summed E-state index contributed by atoms with van der Waals surface area (Å²) >= 11 is -1.33. The van der Waals surface area contributed by atoms with E-state index >= 15 is 0 Å². The smallest absolute Gasteiger partial charge is 0.339 e. The zero-order valence-electron chi connectivity index (χ0n) is 13.5. The van der Waals surface area contributed by atoms with E-state index in [0.29, 0.717) is 29.2 Å². The van der Waals surface area contributed by atoms with Gasteiger partial charge in [0.1, 0.15) is 23.7 Å². The van der Waals surface area contributed by atoms with Crippen LogP contribution < -0.4 is 10.5 Å². The molecule has 0 radical (unpaired) electrons. The van der Waals surface area contributed by atoms with Crippen LogP contribution in [0.25, 0.3) is 0 Å². The first kappa shape index (κ1) is 18.3. The summed E-state index contributed by atoms with van der Waals surface area (Å²) in [6.07, 6.45) is 0.641. The second kappa shape index (κ2) is 8.73. The number of benzene rings is 2. The van der Waals surface area contributed by atoms with Gasteiger partial charge in [0.05, 0.1) is 0 Å². The lowest BCUT2D eigenvalue weighted by atomic mass is 10.0. The van der Waals surface area contributed by atoms with Crippen LogP contribution in [-0.4, -0.2) is 28.8 Å². The Hall–Kier alpha value is -2.02. The molecule has 0 amide bonds. The standard InChI is InChI=1S/C18H21NO4S/c1-2-13-8-9-14(12-24(22)15-6-4-3-5-7-15)16(18(20)21)17(13)23-11-10-19/h3-9H,2,10-12,19H2,1H3,(H,20,21). The number of nitrogens with two attached hydrogens (primary N) is 1. The molecule has 2 aromatic carbocycles. The Morgan fingerprint density at radius 3 is 2.46 bits per heavy atom. The molecule has 0 bridgehead atoms. The molecular formula is C18H21NO4S. The van der Waals surface area contributed by atoms with Crippen LogP contribution in [0, 0.1) is 0 Å². The van der Waals surface area contributed by atoms with E-state index < -0.39 is 17.1 Å². The maximum absolute atomic E-state index is 12.5. The van der Waals surface area contributed by atoms with Crippen molar-refractivity contribution in [2.45, 2.75) is 24.0 Å². The number of aryl methyl sites for hydroxylation is 1. The molecule has 0 aliphatic rings. The van der Waals surface area contributed by atoms with Gasteiger partial charge in [0.2, 0.25) is 0 Å². The fourth-order valence-corrected chi connectivity index (χ4v) is 3.57. The summed E-state index contributed by atoms with van der Waals surface area (Å²) in [5, 5.41) is 9.64. The number of carbonyl (C=O) groups is 1. The Kier molecular flexibility index (Phi) is 6.66. The van der Waals surface area contributed by atoms with E-state index in [9.17, 15) is 14.5 Å². The predicted octanol–water partition coefficient (Wildman–Crippen LogP) is 2.59. The third kappa shape index (κ3) is 4.29. The summed E-state index contributed by atoms with van der Waals surface area (Å²) < 4.78 is 18.1. The second-order valence-electron chi connectivity index (χ2n) is 5.19. The highest BCUT2D eigenvalue weighted by molar-refractivity contribution is 7.90. The molecule has 2 rings (SSSR count). The normalized spacial score (nSPS) is 12.0. The molecule has 0 aromatic heterocycles. The summed E-state index contributed by atoms with van der Waals surface area (Å²) in [6.45, 7) is 2.46. The van der Waals surface area contributed by atoms with E-state index in [4.69, 9.17) is 10.5 Å². The van der Waals surface area contributed by atoms with Gasteiger partial charge in [0, 0.05) is 12.1 Å². The molecule has 128 valence electrons. The van der Waals surface area contributed by atoms with Crippen molar-refractivity contribution in [2.75, 3.05) is 13.2 Å². The van der Waals surface area contributed by atoms with Gasteiger partial charge in [-0.25, -0.2) is 4.79 Å².